The van der Waals surface area contributed by atoms with Crippen LogP contribution in [0.2, 0.25) is 10.0 Å². The topological polar surface area (TPSA) is 79.8 Å². The molecule has 3 aromatic carbocycles. The van der Waals surface area contributed by atoms with Gasteiger partial charge in [-0.15, -0.1) is 0 Å². The fraction of sp³-hybridized carbons (Fsp3) is 0.0417. The lowest BCUT2D eigenvalue weighted by Gasteiger charge is -2.10. The highest BCUT2D eigenvalue weighted by molar-refractivity contribution is 8.18. The predicted octanol–water partition coefficient (Wildman–Crippen LogP) is 5.90. The van der Waals surface area contributed by atoms with Crippen LogP contribution in [-0.2, 0) is 9.59 Å². The number of halogens is 2. The number of aliphatic imine (C=N–C) groups is 1. The van der Waals surface area contributed by atoms with Crippen molar-refractivity contribution in [1.82, 2.24) is 5.32 Å². The quantitative estimate of drug-likeness (QED) is 0.415. The average Bonchev–Trinajstić information content (AvgIpc) is 3.15. The van der Waals surface area contributed by atoms with Gasteiger partial charge in [-0.1, -0.05) is 65.7 Å². The van der Waals surface area contributed by atoms with Crippen molar-refractivity contribution in [3.8, 4) is 5.75 Å². The summed E-state index contributed by atoms with van der Waals surface area (Å²) in [5.41, 5.74) is 1.80. The van der Waals surface area contributed by atoms with E-state index in [4.69, 9.17) is 27.9 Å². The molecule has 166 valence electrons. The molecular weight excluding hydrogens is 481 g/mol. The third-order valence-electron chi connectivity index (χ3n) is 4.43. The predicted molar refractivity (Wildman–Crippen MR) is 134 cm³/mol. The van der Waals surface area contributed by atoms with Crippen LogP contribution in [0.4, 0.5) is 11.4 Å². The molecule has 1 saturated heterocycles. The van der Waals surface area contributed by atoms with Crippen LogP contribution in [0.15, 0.2) is 82.7 Å². The maximum Gasteiger partial charge on any atom is 0.264 e. The molecular formula is C24H17Cl2N3O3S. The van der Waals surface area contributed by atoms with Crippen molar-refractivity contribution >= 4 is 69.4 Å². The zero-order chi connectivity index (χ0) is 23.2. The molecule has 1 fully saturated rings. The smallest absolute Gasteiger partial charge is 0.264 e. The minimum absolute atomic E-state index is 0.172. The van der Waals surface area contributed by atoms with Gasteiger partial charge in [-0.2, -0.15) is 0 Å². The van der Waals surface area contributed by atoms with Gasteiger partial charge >= 0.3 is 0 Å². The highest BCUT2D eigenvalue weighted by Crippen LogP contribution is 2.35. The van der Waals surface area contributed by atoms with Crippen molar-refractivity contribution in [2.24, 2.45) is 4.99 Å². The first-order valence-corrected chi connectivity index (χ1v) is 11.4. The summed E-state index contributed by atoms with van der Waals surface area (Å²) in [4.78, 5) is 29.5. The van der Waals surface area contributed by atoms with E-state index < -0.39 is 0 Å². The highest BCUT2D eigenvalue weighted by atomic mass is 35.5. The number of para-hydroxylation sites is 2. The van der Waals surface area contributed by atoms with Gasteiger partial charge in [0.15, 0.2) is 11.8 Å². The minimum Gasteiger partial charge on any atom is -0.483 e. The van der Waals surface area contributed by atoms with Gasteiger partial charge in [-0.05, 0) is 48.2 Å². The van der Waals surface area contributed by atoms with Crippen LogP contribution >= 0.6 is 35.0 Å². The van der Waals surface area contributed by atoms with E-state index in [9.17, 15) is 9.59 Å². The number of carbonyl (C=O) groups is 2. The second kappa shape index (κ2) is 10.6. The zero-order valence-electron chi connectivity index (χ0n) is 17.0. The van der Waals surface area contributed by atoms with Crippen molar-refractivity contribution in [2.75, 3.05) is 11.9 Å². The third-order valence-corrected chi connectivity index (χ3v) is 6.14. The molecule has 0 radical (unpaired) electrons. The Morgan fingerprint density at radius 2 is 1.79 bits per heavy atom. The summed E-state index contributed by atoms with van der Waals surface area (Å²) in [5.74, 6) is -0.108. The Balaban J connectivity index is 1.47. The molecule has 0 atom stereocenters. The lowest BCUT2D eigenvalue weighted by Crippen LogP contribution is -2.20. The summed E-state index contributed by atoms with van der Waals surface area (Å²) in [7, 11) is 0. The standard InChI is InChI=1S/C24H17Cl2N3O3S/c25-17-10-6-11-18(22(17)26)28-24-29-23(31)20(33-24)13-15-7-4-5-12-19(15)32-14-21(30)27-16-8-2-1-3-9-16/h1-13H,14H2,(H,27,30)(H,28,29,31)/b20-13+. The van der Waals surface area contributed by atoms with Crippen molar-refractivity contribution in [3.05, 3.63) is 93.3 Å². The Hall–Kier alpha value is -3.26. The molecule has 9 heteroatoms. The molecule has 2 N–H and O–H groups in total. The number of carbonyl (C=O) groups excluding carboxylic acids is 2. The Kier molecular flexibility index (Phi) is 7.34. The average molecular weight is 498 g/mol. The number of ether oxygens (including phenoxy) is 1. The summed E-state index contributed by atoms with van der Waals surface area (Å²) in [6.07, 6.45) is 1.69. The van der Waals surface area contributed by atoms with Gasteiger partial charge in [0.2, 0.25) is 0 Å². The van der Waals surface area contributed by atoms with Crippen LogP contribution in [0.5, 0.6) is 5.75 Å². The molecule has 1 aliphatic rings. The van der Waals surface area contributed by atoms with Gasteiger partial charge < -0.3 is 15.4 Å². The van der Waals surface area contributed by atoms with E-state index in [1.54, 1.807) is 54.6 Å². The Bertz CT molecular complexity index is 1260. The number of hydrogen-bond donors (Lipinski definition) is 2. The van der Waals surface area contributed by atoms with E-state index in [2.05, 4.69) is 15.6 Å². The maximum atomic E-state index is 12.5. The summed E-state index contributed by atoms with van der Waals surface area (Å²) in [6, 6.07) is 21.4. The molecule has 1 heterocycles. The van der Waals surface area contributed by atoms with Crippen LogP contribution in [-0.4, -0.2) is 23.6 Å². The number of amides is 2. The minimum atomic E-state index is -0.298. The monoisotopic (exact) mass is 497 g/mol. The fourth-order valence-corrected chi connectivity index (χ4v) is 4.07. The summed E-state index contributed by atoms with van der Waals surface area (Å²) < 4.78 is 5.71. The Morgan fingerprint density at radius 3 is 2.61 bits per heavy atom. The van der Waals surface area contributed by atoms with Gasteiger partial charge in [0.05, 0.1) is 20.6 Å². The number of anilines is 1. The molecule has 2 amide bonds. The number of thioether (sulfide) groups is 1. The molecule has 33 heavy (non-hydrogen) atoms. The molecule has 3 aromatic rings. The third kappa shape index (κ3) is 5.96. The molecule has 0 unspecified atom stereocenters. The first-order valence-electron chi connectivity index (χ1n) is 9.80. The van der Waals surface area contributed by atoms with Gasteiger partial charge in [-0.3, -0.25) is 9.59 Å². The van der Waals surface area contributed by atoms with E-state index in [0.29, 0.717) is 42.8 Å². The fourth-order valence-electron chi connectivity index (χ4n) is 2.90. The SMILES string of the molecule is O=C(COc1ccccc1/C=C1/SC(=Nc2cccc(Cl)c2Cl)NC1=O)Nc1ccccc1. The molecule has 1 aliphatic heterocycles. The maximum absolute atomic E-state index is 12.5. The lowest BCUT2D eigenvalue weighted by atomic mass is 10.2. The number of hydrogen-bond acceptors (Lipinski definition) is 5. The molecule has 4 rings (SSSR count). The zero-order valence-corrected chi connectivity index (χ0v) is 19.4. The van der Waals surface area contributed by atoms with Gasteiger partial charge in [0.1, 0.15) is 5.75 Å². The van der Waals surface area contributed by atoms with E-state index in [0.717, 1.165) is 0 Å². The van der Waals surface area contributed by atoms with Crippen molar-refractivity contribution in [2.45, 2.75) is 0 Å². The van der Waals surface area contributed by atoms with Crippen molar-refractivity contribution in [1.29, 1.82) is 0 Å². The van der Waals surface area contributed by atoms with E-state index in [1.807, 2.05) is 24.3 Å². The van der Waals surface area contributed by atoms with Gasteiger partial charge in [-0.25, -0.2) is 4.99 Å². The number of nitrogens with one attached hydrogen (secondary N) is 2. The van der Waals surface area contributed by atoms with Crippen LogP contribution in [0.3, 0.4) is 0 Å². The largest absolute Gasteiger partial charge is 0.483 e. The number of nitrogens with zero attached hydrogens (tertiary/aromatic N) is 1. The molecule has 0 aliphatic carbocycles. The summed E-state index contributed by atoms with van der Waals surface area (Å²) >= 11 is 13.4. The molecule has 0 aromatic heterocycles. The number of benzene rings is 3. The summed E-state index contributed by atoms with van der Waals surface area (Å²) in [6.45, 7) is -0.172. The number of amidine groups is 1. The first kappa shape index (κ1) is 22.9. The highest BCUT2D eigenvalue weighted by Gasteiger charge is 2.24. The normalized spacial score (nSPS) is 15.5. The molecule has 0 bridgehead atoms. The van der Waals surface area contributed by atoms with Gasteiger partial charge in [0.25, 0.3) is 11.8 Å². The van der Waals surface area contributed by atoms with Crippen molar-refractivity contribution in [3.63, 3.8) is 0 Å². The lowest BCUT2D eigenvalue weighted by molar-refractivity contribution is -0.118. The van der Waals surface area contributed by atoms with Crippen LogP contribution in [0.1, 0.15) is 5.56 Å². The van der Waals surface area contributed by atoms with Crippen molar-refractivity contribution < 1.29 is 14.3 Å². The Labute approximate surface area is 204 Å². The van der Waals surface area contributed by atoms with E-state index >= 15 is 0 Å². The van der Waals surface area contributed by atoms with Crippen LogP contribution in [0, 0.1) is 0 Å². The molecule has 0 saturated carbocycles. The van der Waals surface area contributed by atoms with Crippen LogP contribution in [0.25, 0.3) is 6.08 Å². The van der Waals surface area contributed by atoms with E-state index in [-0.39, 0.29) is 18.4 Å². The van der Waals surface area contributed by atoms with Crippen LogP contribution < -0.4 is 15.4 Å². The van der Waals surface area contributed by atoms with E-state index in [1.165, 1.54) is 11.8 Å². The van der Waals surface area contributed by atoms with Gasteiger partial charge in [0, 0.05) is 11.3 Å². The first-order chi connectivity index (χ1) is 16.0. The molecule has 6 nitrogen and oxygen atoms in total. The Morgan fingerprint density at radius 1 is 1.03 bits per heavy atom. The summed E-state index contributed by atoms with van der Waals surface area (Å²) in [5, 5.41) is 6.56. The molecule has 0 spiro atoms. The second-order valence-electron chi connectivity index (χ2n) is 6.80. The second-order valence-corrected chi connectivity index (χ2v) is 8.61. The number of rotatable bonds is 6.